The van der Waals surface area contributed by atoms with E-state index in [-0.39, 0.29) is 5.97 Å². The maximum atomic E-state index is 10.5. The Morgan fingerprint density at radius 3 is 2.80 bits per heavy atom. The van der Waals surface area contributed by atoms with E-state index in [4.69, 9.17) is 4.74 Å². The molecule has 0 N–H and O–H groups in total. The molecule has 2 nitrogen and oxygen atoms in total. The van der Waals surface area contributed by atoms with Gasteiger partial charge in [0.2, 0.25) is 0 Å². The van der Waals surface area contributed by atoms with Gasteiger partial charge in [-0.25, -0.2) is 0 Å². The molecular formula is C7H12BrO2. The van der Waals surface area contributed by atoms with Gasteiger partial charge in [-0.2, -0.15) is 0 Å². The van der Waals surface area contributed by atoms with E-state index in [1.165, 1.54) is 6.42 Å². The van der Waals surface area contributed by atoms with Crippen LogP contribution >= 0.6 is 15.9 Å². The minimum atomic E-state index is -0.227. The quantitative estimate of drug-likeness (QED) is 0.392. The minimum Gasteiger partial charge on any atom is -0.465 e. The van der Waals surface area contributed by atoms with E-state index < -0.39 is 0 Å². The van der Waals surface area contributed by atoms with E-state index in [2.05, 4.69) is 15.9 Å². The highest BCUT2D eigenvalue weighted by molar-refractivity contribution is 9.09. The van der Waals surface area contributed by atoms with Crippen LogP contribution in [0, 0.1) is 6.42 Å². The zero-order valence-electron chi connectivity index (χ0n) is 6.10. The van der Waals surface area contributed by atoms with Gasteiger partial charge in [0.1, 0.15) is 0 Å². The molecule has 0 spiro atoms. The largest absolute Gasteiger partial charge is 0.465 e. The number of carbonyl (C=O) groups excluding carboxylic acids is 1. The van der Waals surface area contributed by atoms with Crippen molar-refractivity contribution in [1.29, 1.82) is 0 Å². The molecule has 0 aromatic rings. The number of hydrogen-bond acceptors (Lipinski definition) is 2. The summed E-state index contributed by atoms with van der Waals surface area (Å²) >= 11 is 3.29. The van der Waals surface area contributed by atoms with E-state index in [0.29, 0.717) is 6.61 Å². The Morgan fingerprint density at radius 2 is 2.30 bits per heavy atom. The number of hydrogen-bond donors (Lipinski definition) is 0. The first-order valence-corrected chi connectivity index (χ1v) is 4.45. The summed E-state index contributed by atoms with van der Waals surface area (Å²) < 4.78 is 4.78. The predicted molar refractivity (Wildman–Crippen MR) is 44.0 cm³/mol. The van der Waals surface area contributed by atoms with Crippen LogP contribution in [0.15, 0.2) is 0 Å². The highest BCUT2D eigenvalue weighted by Gasteiger charge is 1.96. The van der Waals surface area contributed by atoms with Crippen molar-refractivity contribution in [3.8, 4) is 0 Å². The fourth-order valence-corrected chi connectivity index (χ4v) is 0.849. The summed E-state index contributed by atoms with van der Waals surface area (Å²) in [4.78, 5) is 10.5. The van der Waals surface area contributed by atoms with Crippen LogP contribution in [0.2, 0.25) is 0 Å². The van der Waals surface area contributed by atoms with E-state index in [1.807, 2.05) is 0 Å². The summed E-state index contributed by atoms with van der Waals surface area (Å²) in [5, 5.41) is 0.973. The molecule has 1 radical (unpaired) electrons. The van der Waals surface area contributed by atoms with Crippen LogP contribution in [-0.2, 0) is 9.53 Å². The van der Waals surface area contributed by atoms with Crippen LogP contribution in [0.4, 0.5) is 0 Å². The molecule has 0 saturated heterocycles. The Kier molecular flexibility index (Phi) is 7.03. The van der Waals surface area contributed by atoms with Gasteiger partial charge in [-0.05, 0) is 12.8 Å². The topological polar surface area (TPSA) is 26.3 Å². The first-order valence-electron chi connectivity index (χ1n) is 3.33. The molecule has 0 unspecified atom stereocenters. The molecule has 0 aromatic carbocycles. The SMILES string of the molecule is C[CH]C(=O)OCCCCBr. The third kappa shape index (κ3) is 6.08. The summed E-state index contributed by atoms with van der Waals surface area (Å²) in [5.41, 5.74) is 0. The van der Waals surface area contributed by atoms with Crippen LogP contribution < -0.4 is 0 Å². The van der Waals surface area contributed by atoms with Crippen molar-refractivity contribution in [1.82, 2.24) is 0 Å². The molecule has 59 valence electrons. The van der Waals surface area contributed by atoms with Crippen LogP contribution in [0.1, 0.15) is 19.8 Å². The first kappa shape index (κ1) is 9.95. The lowest BCUT2D eigenvalue weighted by Gasteiger charge is -1.99. The number of esters is 1. The molecule has 0 aromatic heterocycles. The average Bonchev–Trinajstić information content (AvgIpc) is 1.98. The van der Waals surface area contributed by atoms with Crippen molar-refractivity contribution in [3.63, 3.8) is 0 Å². The molecule has 0 amide bonds. The summed E-state index contributed by atoms with van der Waals surface area (Å²) in [7, 11) is 0. The highest BCUT2D eigenvalue weighted by Crippen LogP contribution is 1.94. The van der Waals surface area contributed by atoms with E-state index >= 15 is 0 Å². The molecule has 3 heteroatoms. The van der Waals surface area contributed by atoms with Gasteiger partial charge in [-0.1, -0.05) is 22.9 Å². The van der Waals surface area contributed by atoms with Gasteiger partial charge < -0.3 is 4.74 Å². The first-order chi connectivity index (χ1) is 4.81. The summed E-state index contributed by atoms with van der Waals surface area (Å²) in [5.74, 6) is -0.227. The number of alkyl halides is 1. The maximum absolute atomic E-state index is 10.5. The highest BCUT2D eigenvalue weighted by atomic mass is 79.9. The summed E-state index contributed by atoms with van der Waals surface area (Å²) in [6, 6.07) is 0. The lowest BCUT2D eigenvalue weighted by Crippen LogP contribution is -2.04. The average molecular weight is 208 g/mol. The third-order valence-electron chi connectivity index (χ3n) is 1.01. The van der Waals surface area contributed by atoms with Gasteiger partial charge >= 0.3 is 5.97 Å². The van der Waals surface area contributed by atoms with Crippen molar-refractivity contribution in [2.45, 2.75) is 19.8 Å². The van der Waals surface area contributed by atoms with E-state index in [0.717, 1.165) is 18.2 Å². The molecule has 0 rings (SSSR count). The number of halogens is 1. The normalized spacial score (nSPS) is 9.40. The van der Waals surface area contributed by atoms with Crippen molar-refractivity contribution in [2.24, 2.45) is 0 Å². The van der Waals surface area contributed by atoms with Crippen molar-refractivity contribution in [2.75, 3.05) is 11.9 Å². The molecule has 0 bridgehead atoms. The predicted octanol–water partition coefficient (Wildman–Crippen LogP) is 1.93. The Morgan fingerprint density at radius 1 is 1.60 bits per heavy atom. The standard InChI is InChI=1S/C7H12BrO2/c1-2-7(9)10-6-4-3-5-8/h2H,3-6H2,1H3. The van der Waals surface area contributed by atoms with Crippen molar-refractivity contribution >= 4 is 21.9 Å². The molecule has 10 heavy (non-hydrogen) atoms. The second-order valence-electron chi connectivity index (χ2n) is 1.85. The van der Waals surface area contributed by atoms with E-state index in [9.17, 15) is 4.79 Å². The molecule has 0 saturated carbocycles. The Hall–Kier alpha value is -0.0500. The molecule has 0 aliphatic carbocycles. The van der Waals surface area contributed by atoms with Gasteiger partial charge in [0.05, 0.1) is 13.0 Å². The number of rotatable bonds is 5. The number of unbranched alkanes of at least 4 members (excludes halogenated alkanes) is 1. The van der Waals surface area contributed by atoms with Gasteiger partial charge in [0, 0.05) is 5.33 Å². The zero-order valence-corrected chi connectivity index (χ0v) is 7.69. The molecular weight excluding hydrogens is 196 g/mol. The van der Waals surface area contributed by atoms with Crippen LogP contribution in [0.3, 0.4) is 0 Å². The molecule has 0 fully saturated rings. The van der Waals surface area contributed by atoms with Gasteiger partial charge in [0.25, 0.3) is 0 Å². The lowest BCUT2D eigenvalue weighted by molar-refractivity contribution is -0.139. The Balaban J connectivity index is 2.96. The van der Waals surface area contributed by atoms with Gasteiger partial charge in [0.15, 0.2) is 0 Å². The smallest absolute Gasteiger partial charge is 0.309 e. The second-order valence-corrected chi connectivity index (χ2v) is 2.65. The minimum absolute atomic E-state index is 0.227. The van der Waals surface area contributed by atoms with Crippen molar-refractivity contribution in [3.05, 3.63) is 6.42 Å². The molecule has 0 atom stereocenters. The fourth-order valence-electron chi connectivity index (χ4n) is 0.453. The summed E-state index contributed by atoms with van der Waals surface area (Å²) in [6.45, 7) is 2.21. The third-order valence-corrected chi connectivity index (χ3v) is 1.57. The number of ether oxygens (including phenoxy) is 1. The monoisotopic (exact) mass is 207 g/mol. The van der Waals surface area contributed by atoms with Crippen LogP contribution in [-0.4, -0.2) is 17.9 Å². The maximum Gasteiger partial charge on any atom is 0.309 e. The van der Waals surface area contributed by atoms with Gasteiger partial charge in [-0.15, -0.1) is 0 Å². The van der Waals surface area contributed by atoms with Gasteiger partial charge in [-0.3, -0.25) is 4.79 Å². The Labute approximate surface area is 70.1 Å². The molecule has 0 aliphatic heterocycles. The second kappa shape index (κ2) is 7.06. The number of carbonyl (C=O) groups is 1. The molecule has 0 aliphatic rings. The summed E-state index contributed by atoms with van der Waals surface area (Å²) in [6.07, 6.45) is 3.41. The lowest BCUT2D eigenvalue weighted by atomic mass is 10.4. The van der Waals surface area contributed by atoms with Crippen LogP contribution in [0.5, 0.6) is 0 Å². The Bertz CT molecular complexity index is 93.6. The zero-order chi connectivity index (χ0) is 7.82. The molecule has 0 heterocycles. The van der Waals surface area contributed by atoms with E-state index in [1.54, 1.807) is 6.92 Å². The van der Waals surface area contributed by atoms with Crippen molar-refractivity contribution < 1.29 is 9.53 Å². The van der Waals surface area contributed by atoms with Crippen LogP contribution in [0.25, 0.3) is 0 Å². The fraction of sp³-hybridized carbons (Fsp3) is 0.714.